The van der Waals surface area contributed by atoms with Crippen LogP contribution in [0, 0.1) is 0 Å². The number of para-hydroxylation sites is 1. The van der Waals surface area contributed by atoms with Crippen LogP contribution in [0.15, 0.2) is 53.4 Å². The zero-order valence-corrected chi connectivity index (χ0v) is 17.3. The Morgan fingerprint density at radius 3 is 2.52 bits per heavy atom. The molecule has 1 aliphatic carbocycles. The first-order valence-corrected chi connectivity index (χ1v) is 11.6. The third-order valence-corrected chi connectivity index (χ3v) is 7.19. The Morgan fingerprint density at radius 1 is 1.10 bits per heavy atom. The summed E-state index contributed by atoms with van der Waals surface area (Å²) >= 11 is 0. The molecule has 7 heteroatoms. The number of amides is 1. The molecule has 1 heterocycles. The van der Waals surface area contributed by atoms with Crippen molar-refractivity contribution in [2.45, 2.75) is 56.0 Å². The van der Waals surface area contributed by atoms with Crippen LogP contribution in [-0.4, -0.2) is 33.0 Å². The highest BCUT2D eigenvalue weighted by Crippen LogP contribution is 2.32. The Kier molecular flexibility index (Phi) is 5.61. The van der Waals surface area contributed by atoms with Crippen molar-refractivity contribution in [3.63, 3.8) is 0 Å². The van der Waals surface area contributed by atoms with E-state index in [1.165, 1.54) is 12.1 Å². The highest BCUT2D eigenvalue weighted by atomic mass is 32.2. The first-order chi connectivity index (χ1) is 13.9. The van der Waals surface area contributed by atoms with Gasteiger partial charge in [-0.2, -0.15) is 0 Å². The lowest BCUT2D eigenvalue weighted by Gasteiger charge is -2.22. The molecule has 4 rings (SSSR count). The molecule has 1 saturated carbocycles. The van der Waals surface area contributed by atoms with Gasteiger partial charge in [0.05, 0.1) is 4.90 Å². The minimum absolute atomic E-state index is 0.0267. The van der Waals surface area contributed by atoms with Gasteiger partial charge < -0.3 is 9.64 Å². The second-order valence-corrected chi connectivity index (χ2v) is 9.52. The molecular formula is C22H26N2O4S. The quantitative estimate of drug-likeness (QED) is 0.787. The number of carbonyl (C=O) groups excluding carboxylic acids is 1. The van der Waals surface area contributed by atoms with Crippen molar-refractivity contribution in [2.24, 2.45) is 0 Å². The maximum absolute atomic E-state index is 12.7. The Balaban J connectivity index is 1.37. The number of hydrogen-bond acceptors (Lipinski definition) is 4. The van der Waals surface area contributed by atoms with E-state index < -0.39 is 10.0 Å². The van der Waals surface area contributed by atoms with E-state index in [2.05, 4.69) is 4.72 Å². The van der Waals surface area contributed by atoms with E-state index in [0.29, 0.717) is 5.75 Å². The second-order valence-electron chi connectivity index (χ2n) is 7.81. The van der Waals surface area contributed by atoms with Crippen LogP contribution in [0.4, 0.5) is 5.69 Å². The first kappa shape index (κ1) is 19.9. The number of nitrogens with zero attached hydrogens (tertiary/aromatic N) is 1. The summed E-state index contributed by atoms with van der Waals surface area (Å²) in [6.07, 6.45) is 4.74. The second kappa shape index (κ2) is 8.16. The Hall–Kier alpha value is -2.38. The van der Waals surface area contributed by atoms with Gasteiger partial charge in [0.1, 0.15) is 5.75 Å². The first-order valence-electron chi connectivity index (χ1n) is 10.1. The SMILES string of the molecule is C[C@@H]1Cc2ccccc2N1C(=O)COc1ccc(S(=O)(=O)NC2CCCC2)cc1. The summed E-state index contributed by atoms with van der Waals surface area (Å²) < 4.78 is 33.4. The number of anilines is 1. The van der Waals surface area contributed by atoms with Crippen LogP contribution >= 0.6 is 0 Å². The van der Waals surface area contributed by atoms with Crippen molar-refractivity contribution in [1.82, 2.24) is 4.72 Å². The van der Waals surface area contributed by atoms with Crippen molar-refractivity contribution in [1.29, 1.82) is 0 Å². The van der Waals surface area contributed by atoms with Crippen molar-refractivity contribution in [3.05, 3.63) is 54.1 Å². The average molecular weight is 415 g/mol. The molecule has 1 fully saturated rings. The molecule has 2 aromatic rings. The standard InChI is InChI=1S/C22H26N2O4S/c1-16-14-17-6-2-5-9-21(17)24(16)22(25)15-28-19-10-12-20(13-11-19)29(26,27)23-18-7-3-4-8-18/h2,5-6,9-13,16,18,23H,3-4,7-8,14-15H2,1H3/t16-/m1/s1. The molecule has 0 bridgehead atoms. The lowest BCUT2D eigenvalue weighted by molar-refractivity contribution is -0.120. The van der Waals surface area contributed by atoms with Gasteiger partial charge in [-0.15, -0.1) is 0 Å². The summed E-state index contributed by atoms with van der Waals surface area (Å²) in [6.45, 7) is 1.93. The van der Waals surface area contributed by atoms with E-state index in [9.17, 15) is 13.2 Å². The zero-order valence-electron chi connectivity index (χ0n) is 16.5. The molecule has 2 aliphatic rings. The van der Waals surface area contributed by atoms with Crippen LogP contribution < -0.4 is 14.4 Å². The van der Waals surface area contributed by atoms with E-state index in [1.54, 1.807) is 17.0 Å². The molecule has 29 heavy (non-hydrogen) atoms. The van der Waals surface area contributed by atoms with Gasteiger partial charge in [-0.05, 0) is 62.1 Å². The highest BCUT2D eigenvalue weighted by molar-refractivity contribution is 7.89. The predicted octanol–water partition coefficient (Wildman–Crippen LogP) is 3.26. The van der Waals surface area contributed by atoms with E-state index in [-0.39, 0.29) is 29.5 Å². The third-order valence-electron chi connectivity index (χ3n) is 5.65. The number of benzene rings is 2. The Bertz CT molecular complexity index is 982. The largest absolute Gasteiger partial charge is 0.484 e. The lowest BCUT2D eigenvalue weighted by Crippen LogP contribution is -2.39. The molecule has 6 nitrogen and oxygen atoms in total. The molecule has 154 valence electrons. The summed E-state index contributed by atoms with van der Waals surface area (Å²) in [5, 5.41) is 0. The van der Waals surface area contributed by atoms with Crippen LogP contribution in [-0.2, 0) is 21.2 Å². The van der Waals surface area contributed by atoms with E-state index in [0.717, 1.165) is 43.4 Å². The molecule has 0 unspecified atom stereocenters. The van der Waals surface area contributed by atoms with Crippen molar-refractivity contribution >= 4 is 21.6 Å². The van der Waals surface area contributed by atoms with Gasteiger partial charge in [0.2, 0.25) is 10.0 Å². The summed E-state index contributed by atoms with van der Waals surface area (Å²) in [5.74, 6) is 0.361. The molecular weight excluding hydrogens is 388 g/mol. The lowest BCUT2D eigenvalue weighted by atomic mass is 10.1. The zero-order chi connectivity index (χ0) is 20.4. The summed E-state index contributed by atoms with van der Waals surface area (Å²) in [4.78, 5) is 14.7. The predicted molar refractivity (Wildman–Crippen MR) is 112 cm³/mol. The fourth-order valence-electron chi connectivity index (χ4n) is 4.21. The number of rotatable bonds is 6. The number of sulfonamides is 1. The van der Waals surface area contributed by atoms with Crippen LogP contribution in [0.5, 0.6) is 5.75 Å². The molecule has 1 amide bonds. The number of nitrogens with one attached hydrogen (secondary N) is 1. The van der Waals surface area contributed by atoms with Gasteiger partial charge in [-0.25, -0.2) is 13.1 Å². The normalized spacial score (nSPS) is 19.3. The minimum Gasteiger partial charge on any atom is -0.484 e. The summed E-state index contributed by atoms with van der Waals surface area (Å²) in [7, 11) is -3.53. The van der Waals surface area contributed by atoms with Crippen molar-refractivity contribution in [3.8, 4) is 5.75 Å². The molecule has 0 radical (unpaired) electrons. The fraction of sp³-hybridized carbons (Fsp3) is 0.409. The fourth-order valence-corrected chi connectivity index (χ4v) is 5.51. The summed E-state index contributed by atoms with van der Waals surface area (Å²) in [6, 6.07) is 14.2. The Morgan fingerprint density at radius 2 is 1.79 bits per heavy atom. The van der Waals surface area contributed by atoms with Crippen molar-refractivity contribution in [2.75, 3.05) is 11.5 Å². The number of hydrogen-bond donors (Lipinski definition) is 1. The van der Waals surface area contributed by atoms with Crippen LogP contribution in [0.3, 0.4) is 0 Å². The van der Waals surface area contributed by atoms with E-state index >= 15 is 0 Å². The smallest absolute Gasteiger partial charge is 0.265 e. The monoisotopic (exact) mass is 414 g/mol. The van der Waals surface area contributed by atoms with Gasteiger partial charge in [-0.3, -0.25) is 4.79 Å². The maximum atomic E-state index is 12.7. The molecule has 1 atom stereocenters. The van der Waals surface area contributed by atoms with E-state index in [1.807, 2.05) is 31.2 Å². The van der Waals surface area contributed by atoms with Gasteiger partial charge >= 0.3 is 0 Å². The maximum Gasteiger partial charge on any atom is 0.265 e. The van der Waals surface area contributed by atoms with Gasteiger partial charge in [0.25, 0.3) is 5.91 Å². The minimum atomic E-state index is -3.53. The van der Waals surface area contributed by atoms with Crippen LogP contribution in [0.2, 0.25) is 0 Å². The van der Waals surface area contributed by atoms with E-state index in [4.69, 9.17) is 4.74 Å². The molecule has 1 N–H and O–H groups in total. The van der Waals surface area contributed by atoms with Gasteiger partial charge in [0, 0.05) is 17.8 Å². The van der Waals surface area contributed by atoms with Gasteiger partial charge in [0.15, 0.2) is 6.61 Å². The number of carbonyl (C=O) groups is 1. The van der Waals surface area contributed by atoms with Crippen LogP contribution in [0.1, 0.15) is 38.2 Å². The summed E-state index contributed by atoms with van der Waals surface area (Å²) in [5.41, 5.74) is 2.10. The van der Waals surface area contributed by atoms with Crippen molar-refractivity contribution < 1.29 is 17.9 Å². The average Bonchev–Trinajstić information content (AvgIpc) is 3.32. The number of ether oxygens (including phenoxy) is 1. The molecule has 2 aromatic carbocycles. The molecule has 1 aliphatic heterocycles. The molecule has 0 spiro atoms. The van der Waals surface area contributed by atoms with Gasteiger partial charge in [-0.1, -0.05) is 31.0 Å². The van der Waals surface area contributed by atoms with Crippen LogP contribution in [0.25, 0.3) is 0 Å². The highest BCUT2D eigenvalue weighted by Gasteiger charge is 2.30. The molecule has 0 aromatic heterocycles. The number of fused-ring (bicyclic) bond motifs is 1. The molecule has 0 saturated heterocycles. The topological polar surface area (TPSA) is 75.7 Å². The Labute approximate surface area is 171 Å². The third kappa shape index (κ3) is 4.31.